The molecule has 160 valence electrons. The van der Waals surface area contributed by atoms with E-state index in [1.54, 1.807) is 12.3 Å². The molecule has 30 heavy (non-hydrogen) atoms. The number of likely N-dealkylation sites (tertiary alicyclic amines) is 1. The van der Waals surface area contributed by atoms with Gasteiger partial charge in [0, 0.05) is 31.3 Å². The van der Waals surface area contributed by atoms with Gasteiger partial charge < -0.3 is 10.2 Å². The molecule has 0 aromatic carbocycles. The molecule has 4 saturated carbocycles. The van der Waals surface area contributed by atoms with Crippen LogP contribution in [0.25, 0.3) is 0 Å². The van der Waals surface area contributed by atoms with Crippen LogP contribution in [-0.4, -0.2) is 34.8 Å². The van der Waals surface area contributed by atoms with Crippen LogP contribution in [0.2, 0.25) is 0 Å². The van der Waals surface area contributed by atoms with Crippen molar-refractivity contribution < 1.29 is 9.59 Å². The molecule has 4 aliphatic carbocycles. The second-order valence-electron chi connectivity index (χ2n) is 10.3. The van der Waals surface area contributed by atoms with Gasteiger partial charge >= 0.3 is 0 Å². The average Bonchev–Trinajstić information content (AvgIpc) is 2.73. The first-order valence-corrected chi connectivity index (χ1v) is 11.7. The molecule has 5 fully saturated rings. The maximum Gasteiger partial charge on any atom is 0.246 e. The fourth-order valence-corrected chi connectivity index (χ4v) is 7.05. The van der Waals surface area contributed by atoms with E-state index >= 15 is 0 Å². The van der Waals surface area contributed by atoms with E-state index in [9.17, 15) is 9.59 Å². The third-order valence-electron chi connectivity index (χ3n) is 8.31. The Balaban J connectivity index is 1.17. The predicted octanol–water partition coefficient (Wildman–Crippen LogP) is 4.42. The van der Waals surface area contributed by atoms with Crippen LogP contribution in [0.5, 0.6) is 0 Å². The van der Waals surface area contributed by atoms with E-state index in [-0.39, 0.29) is 17.7 Å². The Hall–Kier alpha value is -2.17. The number of carbonyl (C=O) groups excluding carboxylic acids is 2. The van der Waals surface area contributed by atoms with Crippen molar-refractivity contribution in [1.82, 2.24) is 9.88 Å². The molecule has 0 unspecified atom stereocenters. The van der Waals surface area contributed by atoms with Crippen molar-refractivity contribution >= 4 is 17.6 Å². The summed E-state index contributed by atoms with van der Waals surface area (Å²) in [7, 11) is 0. The first-order valence-electron chi connectivity index (χ1n) is 11.7. The summed E-state index contributed by atoms with van der Waals surface area (Å²) in [6, 6.07) is 5.50. The van der Waals surface area contributed by atoms with Crippen molar-refractivity contribution in [2.75, 3.05) is 18.4 Å². The van der Waals surface area contributed by atoms with Gasteiger partial charge in [0.05, 0.1) is 0 Å². The second kappa shape index (κ2) is 7.82. The molecule has 6 rings (SSSR count). The summed E-state index contributed by atoms with van der Waals surface area (Å²) in [5.74, 6) is 3.38. The third kappa shape index (κ3) is 3.79. The molecule has 1 aromatic rings. The predicted molar refractivity (Wildman–Crippen MR) is 117 cm³/mol. The number of rotatable bonds is 4. The highest BCUT2D eigenvalue weighted by Gasteiger charge is 2.51. The highest BCUT2D eigenvalue weighted by Crippen LogP contribution is 2.62. The van der Waals surface area contributed by atoms with Crippen LogP contribution in [0.15, 0.2) is 36.0 Å². The van der Waals surface area contributed by atoms with Gasteiger partial charge in [-0.05, 0) is 93.6 Å². The number of carbonyl (C=O) groups is 2. The SMILES string of the molecule is C/C(=C/C(=O)N1CCC(C(=O)Nc2ccccn2)CC1)C12CC3CC(CC(C3)C1)C2. The van der Waals surface area contributed by atoms with Crippen molar-refractivity contribution in [3.05, 3.63) is 36.0 Å². The average molecular weight is 408 g/mol. The highest BCUT2D eigenvalue weighted by molar-refractivity contribution is 5.92. The van der Waals surface area contributed by atoms with Crippen LogP contribution < -0.4 is 5.32 Å². The van der Waals surface area contributed by atoms with Crippen molar-refractivity contribution in [3.63, 3.8) is 0 Å². The van der Waals surface area contributed by atoms with Crippen LogP contribution in [0.4, 0.5) is 5.82 Å². The third-order valence-corrected chi connectivity index (χ3v) is 8.31. The fourth-order valence-electron chi connectivity index (χ4n) is 7.05. The summed E-state index contributed by atoms with van der Waals surface area (Å²) in [4.78, 5) is 31.6. The standard InChI is InChI=1S/C25H33N3O2/c1-17(25-14-18-11-19(15-25)13-20(12-18)16-25)10-23(29)28-8-5-21(6-9-28)24(30)27-22-4-2-3-7-26-22/h2-4,7,10,18-21H,5-6,8-9,11-16H2,1H3,(H,26,27,30)/b17-10-. The topological polar surface area (TPSA) is 62.3 Å². The summed E-state index contributed by atoms with van der Waals surface area (Å²) in [5, 5.41) is 2.90. The van der Waals surface area contributed by atoms with Crippen LogP contribution in [0.3, 0.4) is 0 Å². The van der Waals surface area contributed by atoms with Gasteiger partial charge in [0.1, 0.15) is 5.82 Å². The monoisotopic (exact) mass is 407 g/mol. The number of hydrogen-bond donors (Lipinski definition) is 1. The van der Waals surface area contributed by atoms with E-state index in [4.69, 9.17) is 0 Å². The Bertz CT molecular complexity index is 804. The van der Waals surface area contributed by atoms with E-state index in [0.717, 1.165) is 17.8 Å². The minimum atomic E-state index is -0.0516. The molecular weight excluding hydrogens is 374 g/mol. The quantitative estimate of drug-likeness (QED) is 0.752. The zero-order valence-electron chi connectivity index (χ0n) is 18.0. The number of hydrogen-bond acceptors (Lipinski definition) is 3. The Morgan fingerprint density at radius 2 is 1.70 bits per heavy atom. The van der Waals surface area contributed by atoms with Crippen LogP contribution in [-0.2, 0) is 9.59 Å². The summed E-state index contributed by atoms with van der Waals surface area (Å²) >= 11 is 0. The van der Waals surface area contributed by atoms with Crippen molar-refractivity contribution in [2.45, 2.75) is 58.3 Å². The Morgan fingerprint density at radius 1 is 1.07 bits per heavy atom. The van der Waals surface area contributed by atoms with Gasteiger partial charge in [-0.1, -0.05) is 11.6 Å². The van der Waals surface area contributed by atoms with Gasteiger partial charge in [-0.15, -0.1) is 0 Å². The van der Waals surface area contributed by atoms with Gasteiger partial charge in [-0.25, -0.2) is 4.98 Å². The summed E-state index contributed by atoms with van der Waals surface area (Å²) < 4.78 is 0. The second-order valence-corrected chi connectivity index (χ2v) is 10.3. The maximum absolute atomic E-state index is 13.0. The number of amides is 2. The zero-order valence-corrected chi connectivity index (χ0v) is 18.0. The molecular formula is C25H33N3O2. The number of nitrogens with one attached hydrogen (secondary N) is 1. The fraction of sp³-hybridized carbons (Fsp3) is 0.640. The molecule has 2 heterocycles. The minimum Gasteiger partial charge on any atom is -0.339 e. The summed E-state index contributed by atoms with van der Waals surface area (Å²) in [6.07, 6.45) is 13.2. The first-order chi connectivity index (χ1) is 14.5. The molecule has 0 spiro atoms. The van der Waals surface area contributed by atoms with E-state index in [0.29, 0.717) is 37.2 Å². The smallest absolute Gasteiger partial charge is 0.246 e. The molecule has 1 saturated heterocycles. The van der Waals surface area contributed by atoms with E-state index in [2.05, 4.69) is 17.2 Å². The number of aromatic nitrogens is 1. The molecule has 5 nitrogen and oxygen atoms in total. The van der Waals surface area contributed by atoms with Crippen molar-refractivity contribution in [2.24, 2.45) is 29.1 Å². The Labute approximate surface area is 179 Å². The largest absolute Gasteiger partial charge is 0.339 e. The molecule has 5 heteroatoms. The van der Waals surface area contributed by atoms with E-state index < -0.39 is 0 Å². The minimum absolute atomic E-state index is 0.0149. The molecule has 0 radical (unpaired) electrons. The molecule has 1 aromatic heterocycles. The molecule has 1 N–H and O–H groups in total. The van der Waals surface area contributed by atoms with Crippen LogP contribution in [0, 0.1) is 29.1 Å². The highest BCUT2D eigenvalue weighted by atomic mass is 16.2. The van der Waals surface area contributed by atoms with Gasteiger partial charge in [-0.3, -0.25) is 9.59 Å². The Kier molecular flexibility index (Phi) is 5.16. The number of piperidine rings is 1. The normalized spacial score (nSPS) is 33.6. The van der Waals surface area contributed by atoms with Crippen LogP contribution >= 0.6 is 0 Å². The lowest BCUT2D eigenvalue weighted by Gasteiger charge is -2.57. The number of nitrogens with zero attached hydrogens (tertiary/aromatic N) is 2. The van der Waals surface area contributed by atoms with Gasteiger partial charge in [-0.2, -0.15) is 0 Å². The first kappa shape index (κ1) is 19.8. The molecule has 4 bridgehead atoms. The number of anilines is 1. The lowest BCUT2D eigenvalue weighted by atomic mass is 9.48. The van der Waals surface area contributed by atoms with Crippen molar-refractivity contribution in [1.29, 1.82) is 0 Å². The number of pyridine rings is 1. The summed E-state index contributed by atoms with van der Waals surface area (Å²) in [5.41, 5.74) is 1.62. The molecule has 2 amide bonds. The summed E-state index contributed by atoms with van der Waals surface area (Å²) in [6.45, 7) is 3.52. The van der Waals surface area contributed by atoms with E-state index in [1.165, 1.54) is 44.1 Å². The Morgan fingerprint density at radius 3 is 2.27 bits per heavy atom. The lowest BCUT2D eigenvalue weighted by Crippen LogP contribution is -2.47. The van der Waals surface area contributed by atoms with Crippen LogP contribution in [0.1, 0.15) is 58.3 Å². The number of allylic oxidation sites excluding steroid dienone is 1. The van der Waals surface area contributed by atoms with E-state index in [1.807, 2.05) is 23.1 Å². The lowest BCUT2D eigenvalue weighted by molar-refractivity contribution is -0.130. The van der Waals surface area contributed by atoms with Gasteiger partial charge in [0.15, 0.2) is 0 Å². The zero-order chi connectivity index (χ0) is 20.7. The molecule has 5 aliphatic rings. The van der Waals surface area contributed by atoms with Gasteiger partial charge in [0.25, 0.3) is 0 Å². The van der Waals surface area contributed by atoms with Gasteiger partial charge in [0.2, 0.25) is 11.8 Å². The molecule has 1 aliphatic heterocycles. The molecule has 0 atom stereocenters. The van der Waals surface area contributed by atoms with Crippen molar-refractivity contribution in [3.8, 4) is 0 Å². The maximum atomic E-state index is 13.0.